The number of benzene rings is 4. The van der Waals surface area contributed by atoms with E-state index in [4.69, 9.17) is 11.6 Å². The number of carbonyl (C=O) groups is 1. The molecule has 0 fully saturated rings. The van der Waals surface area contributed by atoms with Crippen molar-refractivity contribution in [1.29, 1.82) is 0 Å². The third-order valence-corrected chi connectivity index (χ3v) is 4.71. The van der Waals surface area contributed by atoms with Gasteiger partial charge in [-0.1, -0.05) is 66.2 Å². The fraction of sp³-hybridized carbons (Fsp3) is 0. The lowest BCUT2D eigenvalue weighted by Gasteiger charge is -2.09. The third kappa shape index (κ3) is 3.55. The molecule has 0 spiro atoms. The highest BCUT2D eigenvalue weighted by Gasteiger charge is 2.09. The standard InChI is InChI=1S/C23H15ClFNO/c24-21-14-18(12-13-22(21)25)26-23(27)17-10-8-16(9-11-17)20-7-3-5-15-4-1-2-6-19(15)20/h1-14H,(H,26,27). The van der Waals surface area contributed by atoms with Gasteiger partial charge >= 0.3 is 0 Å². The van der Waals surface area contributed by atoms with Crippen molar-refractivity contribution in [1.82, 2.24) is 0 Å². The Morgan fingerprint density at radius 3 is 2.37 bits per heavy atom. The molecule has 27 heavy (non-hydrogen) atoms. The summed E-state index contributed by atoms with van der Waals surface area (Å²) in [5.41, 5.74) is 3.11. The Hall–Kier alpha value is -3.17. The summed E-state index contributed by atoms with van der Waals surface area (Å²) in [6, 6.07) is 25.9. The first-order valence-electron chi connectivity index (χ1n) is 8.46. The Labute approximate surface area is 161 Å². The molecule has 0 radical (unpaired) electrons. The maximum Gasteiger partial charge on any atom is 0.255 e. The average Bonchev–Trinajstić information content (AvgIpc) is 2.70. The Morgan fingerprint density at radius 2 is 1.59 bits per heavy atom. The molecule has 0 aliphatic rings. The summed E-state index contributed by atoms with van der Waals surface area (Å²) >= 11 is 5.75. The van der Waals surface area contributed by atoms with Crippen LogP contribution in [0.5, 0.6) is 0 Å². The Balaban J connectivity index is 1.60. The summed E-state index contributed by atoms with van der Waals surface area (Å²) < 4.78 is 13.2. The van der Waals surface area contributed by atoms with Crippen LogP contribution in [0.15, 0.2) is 84.9 Å². The van der Waals surface area contributed by atoms with Gasteiger partial charge in [0.25, 0.3) is 5.91 Å². The van der Waals surface area contributed by atoms with Crippen molar-refractivity contribution in [2.45, 2.75) is 0 Å². The molecule has 0 saturated heterocycles. The lowest BCUT2D eigenvalue weighted by atomic mass is 9.97. The van der Waals surface area contributed by atoms with Crippen LogP contribution >= 0.6 is 11.6 Å². The zero-order valence-corrected chi connectivity index (χ0v) is 15.0. The van der Waals surface area contributed by atoms with Gasteiger partial charge in [-0.3, -0.25) is 4.79 Å². The van der Waals surface area contributed by atoms with Crippen LogP contribution in [-0.4, -0.2) is 5.91 Å². The highest BCUT2D eigenvalue weighted by Crippen LogP contribution is 2.29. The van der Waals surface area contributed by atoms with E-state index in [1.165, 1.54) is 23.6 Å². The fourth-order valence-corrected chi connectivity index (χ4v) is 3.24. The molecule has 0 bridgehead atoms. The van der Waals surface area contributed by atoms with E-state index in [1.807, 2.05) is 30.3 Å². The van der Waals surface area contributed by atoms with Crippen molar-refractivity contribution in [3.8, 4) is 11.1 Å². The van der Waals surface area contributed by atoms with E-state index in [-0.39, 0.29) is 10.9 Å². The number of rotatable bonds is 3. The molecule has 0 atom stereocenters. The van der Waals surface area contributed by atoms with E-state index in [0.717, 1.165) is 16.5 Å². The molecule has 0 unspecified atom stereocenters. The first-order chi connectivity index (χ1) is 13.1. The summed E-state index contributed by atoms with van der Waals surface area (Å²) in [7, 11) is 0. The number of nitrogens with one attached hydrogen (secondary N) is 1. The lowest BCUT2D eigenvalue weighted by Crippen LogP contribution is -2.11. The van der Waals surface area contributed by atoms with Crippen molar-refractivity contribution in [2.24, 2.45) is 0 Å². The van der Waals surface area contributed by atoms with Crippen LogP contribution in [-0.2, 0) is 0 Å². The van der Waals surface area contributed by atoms with Gasteiger partial charge < -0.3 is 5.32 Å². The van der Waals surface area contributed by atoms with Crippen LogP contribution in [0.4, 0.5) is 10.1 Å². The smallest absolute Gasteiger partial charge is 0.255 e. The molecule has 4 heteroatoms. The quantitative estimate of drug-likeness (QED) is 0.432. The molecule has 0 aromatic heterocycles. The second-order valence-electron chi connectivity index (χ2n) is 6.19. The molecule has 4 rings (SSSR count). The monoisotopic (exact) mass is 375 g/mol. The number of amides is 1. The largest absolute Gasteiger partial charge is 0.322 e. The fourth-order valence-electron chi connectivity index (χ4n) is 3.06. The molecule has 4 aromatic carbocycles. The van der Waals surface area contributed by atoms with Crippen molar-refractivity contribution in [3.05, 3.63) is 101 Å². The van der Waals surface area contributed by atoms with Crippen LogP contribution in [0.25, 0.3) is 21.9 Å². The maximum atomic E-state index is 13.2. The highest BCUT2D eigenvalue weighted by atomic mass is 35.5. The van der Waals surface area contributed by atoms with Crippen molar-refractivity contribution < 1.29 is 9.18 Å². The van der Waals surface area contributed by atoms with E-state index in [9.17, 15) is 9.18 Å². The van der Waals surface area contributed by atoms with Gasteiger partial charge in [0.2, 0.25) is 0 Å². The first kappa shape index (κ1) is 17.3. The number of hydrogen-bond acceptors (Lipinski definition) is 1. The predicted octanol–water partition coefficient (Wildman–Crippen LogP) is 6.55. The van der Waals surface area contributed by atoms with Gasteiger partial charge in [0.1, 0.15) is 5.82 Å². The van der Waals surface area contributed by atoms with E-state index < -0.39 is 5.82 Å². The topological polar surface area (TPSA) is 29.1 Å². The van der Waals surface area contributed by atoms with Crippen LogP contribution in [0.2, 0.25) is 5.02 Å². The van der Waals surface area contributed by atoms with Gasteiger partial charge in [-0.25, -0.2) is 4.39 Å². The van der Waals surface area contributed by atoms with Crippen LogP contribution < -0.4 is 5.32 Å². The SMILES string of the molecule is O=C(Nc1ccc(F)c(Cl)c1)c1ccc(-c2cccc3ccccc23)cc1. The first-order valence-corrected chi connectivity index (χ1v) is 8.84. The summed E-state index contributed by atoms with van der Waals surface area (Å²) in [5.74, 6) is -0.795. The minimum atomic E-state index is -0.519. The number of carbonyl (C=O) groups excluding carboxylic acids is 1. The molecule has 0 heterocycles. The second-order valence-corrected chi connectivity index (χ2v) is 6.59. The van der Waals surface area contributed by atoms with Crippen LogP contribution in [0.3, 0.4) is 0 Å². The highest BCUT2D eigenvalue weighted by molar-refractivity contribution is 6.31. The van der Waals surface area contributed by atoms with Crippen LogP contribution in [0.1, 0.15) is 10.4 Å². The molecule has 0 aliphatic carbocycles. The van der Waals surface area contributed by atoms with Crippen molar-refractivity contribution >= 4 is 34.0 Å². The summed E-state index contributed by atoms with van der Waals surface area (Å²) in [6.07, 6.45) is 0. The molecule has 4 aromatic rings. The van der Waals surface area contributed by atoms with Gasteiger partial charge in [0, 0.05) is 11.3 Å². The number of anilines is 1. The zero-order chi connectivity index (χ0) is 18.8. The maximum absolute atomic E-state index is 13.2. The van der Waals surface area contributed by atoms with Gasteiger partial charge in [-0.15, -0.1) is 0 Å². The second kappa shape index (κ2) is 7.22. The van der Waals surface area contributed by atoms with Gasteiger partial charge in [-0.05, 0) is 52.2 Å². The van der Waals surface area contributed by atoms with Gasteiger partial charge in [0.05, 0.1) is 5.02 Å². The summed E-state index contributed by atoms with van der Waals surface area (Å²) in [6.45, 7) is 0. The van der Waals surface area contributed by atoms with Crippen LogP contribution in [0, 0.1) is 5.82 Å². The van der Waals surface area contributed by atoms with E-state index in [1.54, 1.807) is 12.1 Å². The van der Waals surface area contributed by atoms with Crippen molar-refractivity contribution in [2.75, 3.05) is 5.32 Å². The molecule has 132 valence electrons. The third-order valence-electron chi connectivity index (χ3n) is 4.43. The number of halogens is 2. The Morgan fingerprint density at radius 1 is 0.852 bits per heavy atom. The average molecular weight is 376 g/mol. The summed E-state index contributed by atoms with van der Waals surface area (Å²) in [5, 5.41) is 5.03. The molecule has 0 saturated carbocycles. The molecular formula is C23H15ClFNO. The predicted molar refractivity (Wildman–Crippen MR) is 109 cm³/mol. The number of fused-ring (bicyclic) bond motifs is 1. The molecule has 1 N–H and O–H groups in total. The van der Waals surface area contributed by atoms with Gasteiger partial charge in [-0.2, -0.15) is 0 Å². The van der Waals surface area contributed by atoms with Crippen molar-refractivity contribution in [3.63, 3.8) is 0 Å². The molecule has 1 amide bonds. The zero-order valence-electron chi connectivity index (χ0n) is 14.2. The Kier molecular flexibility index (Phi) is 4.61. The van der Waals surface area contributed by atoms with Gasteiger partial charge in [0.15, 0.2) is 0 Å². The lowest BCUT2D eigenvalue weighted by molar-refractivity contribution is 0.102. The molecule has 0 aliphatic heterocycles. The summed E-state index contributed by atoms with van der Waals surface area (Å²) in [4.78, 5) is 12.4. The minimum absolute atomic E-state index is 0.0286. The Bertz CT molecular complexity index is 1130. The minimum Gasteiger partial charge on any atom is -0.322 e. The van der Waals surface area contributed by atoms with E-state index >= 15 is 0 Å². The molecular weight excluding hydrogens is 361 g/mol. The normalized spacial score (nSPS) is 10.7. The van der Waals surface area contributed by atoms with E-state index in [0.29, 0.717) is 11.3 Å². The van der Waals surface area contributed by atoms with E-state index in [2.05, 4.69) is 29.6 Å². The number of hydrogen-bond donors (Lipinski definition) is 1. The molecule has 2 nitrogen and oxygen atoms in total.